The van der Waals surface area contributed by atoms with Crippen LogP contribution in [0.3, 0.4) is 0 Å². The normalized spacial score (nSPS) is 11.9. The molecule has 4 nitrogen and oxygen atoms in total. The van der Waals surface area contributed by atoms with Crippen LogP contribution in [0, 0.1) is 12.3 Å². The Kier molecular flexibility index (Phi) is 12.2. The van der Waals surface area contributed by atoms with Crippen LogP contribution in [0.5, 0.6) is 23.0 Å². The van der Waals surface area contributed by atoms with Crippen LogP contribution in [-0.4, -0.2) is 20.4 Å². The van der Waals surface area contributed by atoms with Crippen LogP contribution >= 0.6 is 0 Å². The first kappa shape index (κ1) is 42.5. The molecule has 0 aromatic heterocycles. The maximum atomic E-state index is 13.1. The lowest BCUT2D eigenvalue weighted by molar-refractivity contribution is 0.461. The molecule has 9 aromatic carbocycles. The monoisotopic (exact) mass is 854 g/mol. The van der Waals surface area contributed by atoms with Crippen molar-refractivity contribution in [3.8, 4) is 102 Å². The van der Waals surface area contributed by atoms with Crippen molar-refractivity contribution < 1.29 is 20.4 Å². The number of allylic oxidation sites excluding steroid dienone is 4. The number of hydrogen-bond acceptors (Lipinski definition) is 4. The highest BCUT2D eigenvalue weighted by molar-refractivity contribution is 5.98. The zero-order chi connectivity index (χ0) is 45.6. The summed E-state index contributed by atoms with van der Waals surface area (Å²) in [4.78, 5) is 0. The fraction of sp³-hybridized carbons (Fsp3) is 0.0323. The van der Waals surface area contributed by atoms with Gasteiger partial charge in [-0.15, -0.1) is 6.42 Å². The zero-order valence-electron chi connectivity index (χ0n) is 36.3. The van der Waals surface area contributed by atoms with E-state index in [0.717, 1.165) is 50.1 Å². The molecule has 0 radical (unpaired) electrons. The second-order valence-corrected chi connectivity index (χ2v) is 16.0. The average Bonchev–Trinajstić information content (AvgIpc) is 3.36. The molecule has 0 aliphatic rings. The van der Waals surface area contributed by atoms with E-state index in [4.69, 9.17) is 6.42 Å². The summed E-state index contributed by atoms with van der Waals surface area (Å²) in [6.45, 7) is 1.89. The van der Waals surface area contributed by atoms with Crippen molar-refractivity contribution in [2.75, 3.05) is 0 Å². The number of benzene rings is 9. The average molecular weight is 855 g/mol. The molecule has 0 saturated heterocycles. The molecule has 4 N–H and O–H groups in total. The smallest absolute Gasteiger partial charge is 0.128 e. The van der Waals surface area contributed by atoms with E-state index < -0.39 is 5.92 Å². The molecule has 1 unspecified atom stereocenters. The van der Waals surface area contributed by atoms with Gasteiger partial charge in [0.2, 0.25) is 0 Å². The summed E-state index contributed by atoms with van der Waals surface area (Å²) in [6, 6.07) is 66.4. The van der Waals surface area contributed by atoms with Gasteiger partial charge >= 0.3 is 0 Å². The van der Waals surface area contributed by atoms with Crippen molar-refractivity contribution in [2.24, 2.45) is 0 Å². The standard InChI is InChI=1S/C62H46O4/c1-3-5-20-41(4-2)57-48(29-18-31-54(57)63)50-37-39-52(61(65)59(50)45-25-14-8-15-26-45)56(47-35-33-43(34-36-47)42-21-10-6-11-22-42)53-40-38-51(60(62(53)66)46-27-16-9-17-28-46)49-30-19-32-55(64)58(49)44-23-12-7-13-24-44/h1,4-40,56,63-66H,2H3/b20-5-,41-4+. The molecule has 9 rings (SSSR count). The van der Waals surface area contributed by atoms with E-state index in [1.807, 2.05) is 165 Å². The summed E-state index contributed by atoms with van der Waals surface area (Å²) < 4.78 is 0. The zero-order valence-corrected chi connectivity index (χ0v) is 36.3. The van der Waals surface area contributed by atoms with Crippen LogP contribution < -0.4 is 0 Å². The van der Waals surface area contributed by atoms with Gasteiger partial charge < -0.3 is 20.4 Å². The molecule has 66 heavy (non-hydrogen) atoms. The fourth-order valence-electron chi connectivity index (χ4n) is 9.15. The van der Waals surface area contributed by atoms with Gasteiger partial charge in [-0.2, -0.15) is 0 Å². The Bertz CT molecular complexity index is 3270. The highest BCUT2D eigenvalue weighted by atomic mass is 16.3. The van der Waals surface area contributed by atoms with Gasteiger partial charge in [0, 0.05) is 39.3 Å². The predicted molar refractivity (Wildman–Crippen MR) is 271 cm³/mol. The molecular weight excluding hydrogens is 809 g/mol. The van der Waals surface area contributed by atoms with E-state index in [9.17, 15) is 20.4 Å². The van der Waals surface area contributed by atoms with Crippen LogP contribution in [0.2, 0.25) is 0 Å². The Labute approximate surface area is 386 Å². The van der Waals surface area contributed by atoms with Crippen molar-refractivity contribution >= 4 is 5.57 Å². The van der Waals surface area contributed by atoms with E-state index in [1.54, 1.807) is 30.4 Å². The van der Waals surface area contributed by atoms with Crippen LogP contribution in [0.15, 0.2) is 224 Å². The lowest BCUT2D eigenvalue weighted by Gasteiger charge is -2.26. The van der Waals surface area contributed by atoms with Crippen molar-refractivity contribution in [1.29, 1.82) is 0 Å². The van der Waals surface area contributed by atoms with Gasteiger partial charge in [-0.25, -0.2) is 0 Å². The first-order chi connectivity index (χ1) is 32.4. The minimum atomic E-state index is -0.686. The number of hydrogen-bond donors (Lipinski definition) is 4. The largest absolute Gasteiger partial charge is 0.507 e. The van der Waals surface area contributed by atoms with E-state index in [0.29, 0.717) is 44.5 Å². The number of terminal acetylenes is 1. The van der Waals surface area contributed by atoms with E-state index >= 15 is 0 Å². The van der Waals surface area contributed by atoms with Gasteiger partial charge in [0.1, 0.15) is 23.0 Å². The lowest BCUT2D eigenvalue weighted by Crippen LogP contribution is -2.07. The minimum absolute atomic E-state index is 0.0235. The summed E-state index contributed by atoms with van der Waals surface area (Å²) in [5.41, 5.74) is 12.4. The van der Waals surface area contributed by atoms with Crippen LogP contribution in [0.25, 0.3) is 72.3 Å². The van der Waals surface area contributed by atoms with E-state index in [1.165, 1.54) is 0 Å². The van der Waals surface area contributed by atoms with Crippen LogP contribution in [0.4, 0.5) is 0 Å². The molecule has 0 heterocycles. The highest BCUT2D eigenvalue weighted by Crippen LogP contribution is 2.53. The second kappa shape index (κ2) is 18.9. The first-order valence-corrected chi connectivity index (χ1v) is 21.8. The maximum absolute atomic E-state index is 13.1. The van der Waals surface area contributed by atoms with Crippen molar-refractivity contribution in [3.05, 3.63) is 247 Å². The summed E-state index contributed by atoms with van der Waals surface area (Å²) >= 11 is 0. The number of rotatable bonds is 11. The van der Waals surface area contributed by atoms with Gasteiger partial charge in [-0.3, -0.25) is 0 Å². The molecule has 0 aliphatic carbocycles. The molecule has 318 valence electrons. The Morgan fingerprint density at radius 3 is 1.35 bits per heavy atom. The molecule has 4 heteroatoms. The molecule has 0 fully saturated rings. The summed E-state index contributed by atoms with van der Waals surface area (Å²) in [6.07, 6.45) is 10.9. The third-order valence-electron chi connectivity index (χ3n) is 12.2. The summed E-state index contributed by atoms with van der Waals surface area (Å²) in [5.74, 6) is 2.13. The molecule has 0 saturated carbocycles. The molecule has 0 spiro atoms. The van der Waals surface area contributed by atoms with Gasteiger partial charge in [0.05, 0.1) is 0 Å². The predicted octanol–water partition coefficient (Wildman–Crippen LogP) is 15.3. The summed E-state index contributed by atoms with van der Waals surface area (Å²) in [5, 5.41) is 49.0. The lowest BCUT2D eigenvalue weighted by atomic mass is 9.78. The van der Waals surface area contributed by atoms with Crippen molar-refractivity contribution in [2.45, 2.75) is 12.8 Å². The quantitative estimate of drug-likeness (QED) is 0.0593. The molecule has 9 aromatic rings. The van der Waals surface area contributed by atoms with Crippen molar-refractivity contribution in [1.82, 2.24) is 0 Å². The molecule has 0 aliphatic heterocycles. The topological polar surface area (TPSA) is 80.9 Å². The van der Waals surface area contributed by atoms with Gasteiger partial charge in [-0.1, -0.05) is 206 Å². The van der Waals surface area contributed by atoms with Crippen LogP contribution in [0.1, 0.15) is 35.1 Å². The molecular formula is C62H46O4. The molecule has 1 atom stereocenters. The Morgan fingerprint density at radius 2 is 0.848 bits per heavy atom. The summed E-state index contributed by atoms with van der Waals surface area (Å²) in [7, 11) is 0. The number of phenols is 4. The van der Waals surface area contributed by atoms with Crippen LogP contribution in [-0.2, 0) is 0 Å². The Balaban J connectivity index is 1.33. The third kappa shape index (κ3) is 8.14. The minimum Gasteiger partial charge on any atom is -0.507 e. The Hall–Kier alpha value is -8.78. The van der Waals surface area contributed by atoms with Gasteiger partial charge in [0.25, 0.3) is 0 Å². The number of aromatic hydroxyl groups is 4. The Morgan fingerprint density at radius 1 is 0.424 bits per heavy atom. The molecule has 0 bridgehead atoms. The van der Waals surface area contributed by atoms with Gasteiger partial charge in [0.15, 0.2) is 0 Å². The van der Waals surface area contributed by atoms with E-state index in [2.05, 4.69) is 42.3 Å². The molecule has 0 amide bonds. The number of phenolic OH excluding ortho intramolecular Hbond substituents is 4. The second-order valence-electron chi connectivity index (χ2n) is 16.0. The third-order valence-corrected chi connectivity index (χ3v) is 12.2. The van der Waals surface area contributed by atoms with Gasteiger partial charge in [-0.05, 0) is 92.4 Å². The maximum Gasteiger partial charge on any atom is 0.128 e. The highest BCUT2D eigenvalue weighted by Gasteiger charge is 2.30. The fourth-order valence-corrected chi connectivity index (χ4v) is 9.15. The first-order valence-electron chi connectivity index (χ1n) is 21.8. The van der Waals surface area contributed by atoms with Crippen molar-refractivity contribution in [3.63, 3.8) is 0 Å². The van der Waals surface area contributed by atoms with E-state index in [-0.39, 0.29) is 23.0 Å². The SMILES string of the molecule is C#C/C=C\C(=C/C)c1c(O)cccc1-c1ccc(C(c2ccc(-c3ccccc3)cc2)c2ccc(-c3cccc(O)c3-c3ccccc3)c(-c3ccccc3)c2O)c(O)c1-c1ccccc1.